The van der Waals surface area contributed by atoms with Gasteiger partial charge in [0.1, 0.15) is 27.9 Å². The summed E-state index contributed by atoms with van der Waals surface area (Å²) in [6.07, 6.45) is 16.4. The second-order valence-electron chi connectivity index (χ2n) is 23.2. The summed E-state index contributed by atoms with van der Waals surface area (Å²) in [5, 5.41) is 40.5. The Hall–Kier alpha value is 10.1. The van der Waals surface area contributed by atoms with Crippen LogP contribution in [-0.2, 0) is 234 Å². The molecule has 0 amide bonds. The van der Waals surface area contributed by atoms with Crippen molar-refractivity contribution in [3.8, 4) is 0 Å². The topological polar surface area (TPSA) is 0 Å². The fourth-order valence-corrected chi connectivity index (χ4v) is 58.6. The van der Waals surface area contributed by atoms with Crippen LogP contribution in [0.1, 0.15) is 83.1 Å². The molecule has 4 aromatic carbocycles. The van der Waals surface area contributed by atoms with E-state index in [4.69, 9.17) is 0 Å². The molecule has 16 rings (SSSR count). The molecule has 0 aromatic heterocycles. The van der Waals surface area contributed by atoms with Crippen molar-refractivity contribution in [3.63, 3.8) is 0 Å². The maximum Gasteiger partial charge on any atom is 2.00 e. The van der Waals surface area contributed by atoms with Crippen molar-refractivity contribution in [2.75, 3.05) is 73.9 Å². The van der Waals surface area contributed by atoms with Crippen LogP contribution in [0.4, 0.5) is 0 Å². The molecule has 0 radical (unpaired) electrons. The molecule has 0 aliphatic carbocycles. The van der Waals surface area contributed by atoms with Gasteiger partial charge in [-0.05, 0) is 219 Å². The van der Waals surface area contributed by atoms with Gasteiger partial charge in [0, 0.05) is 164 Å². The maximum atomic E-state index is 2.40. The standard InChI is InChI=1S/6C10H13PS4.4C6H6.8S.6W/c6*1-3-11(4-2)8-7-14-10(15-8)9-12-5-6-13-9;4*1-2-4-6-5-3-1;;;;;;;;;;;;;;/h6*5-7H,3-4H2,1-2H3;4*1-6H;;;;;;;;;;;;;;/q;;;;;;;;;;8*-2;;;;;2*+2/p+6. The molecule has 12 aliphatic rings. The first-order chi connectivity index (χ1) is 56.1. The van der Waals surface area contributed by atoms with Crippen LogP contribution in [0.5, 0.6) is 0 Å². The van der Waals surface area contributed by atoms with Gasteiger partial charge in [-0.25, -0.2) is 0 Å². The Morgan fingerprint density at radius 2 is 0.234 bits per heavy atom. The summed E-state index contributed by atoms with van der Waals surface area (Å²) in [5.74, 6) is 0. The van der Waals surface area contributed by atoms with Gasteiger partial charge in [0.25, 0.3) is 0 Å². The van der Waals surface area contributed by atoms with E-state index in [0.29, 0.717) is 0 Å². The zero-order chi connectivity index (χ0) is 81.0. The third-order valence-electron chi connectivity index (χ3n) is 16.2. The fraction of sp³-hybridized carbons (Fsp3) is 0.286. The smallest absolute Gasteiger partial charge is 2.00 e. The first-order valence-electron chi connectivity index (χ1n) is 37.8. The summed E-state index contributed by atoms with van der Waals surface area (Å²) in [6.45, 7) is 27.9. The second-order valence-corrected chi connectivity index (χ2v) is 70.0. The SMILES string of the molecule is CC[PH+](CC)C1=CSC(=C2SC=CS2)S1.CC[PH+](CC)C1=CSC(=C2SC=CS2)S1.CC[PH+](CC)C1=CSC(=C2SC=CS2)S1.CC[PH+](CC)C1=CSC(=C2SC=CS2)S1.CC[PH+](CC)C1=CSC(=C2SC=CS2)S1.CC[PH+](CC)C1=CSC(=C2SC=CS2)S1.[S-2].[S-2].[S-2].[S-2].[S-2].[S-2].[S-2].[S-2].[W+2].[W+2].[W].[W].[W].[W].c1ccccc1.c1ccccc1.c1ccccc1.c1ccccc1. The van der Waals surface area contributed by atoms with Gasteiger partial charge in [0.05, 0.1) is 125 Å². The number of hydrogen-bond donors (Lipinski definition) is 0. The first-order valence-corrected chi connectivity index (χ1v) is 70.0. The Morgan fingerprint density at radius 3 is 0.312 bits per heavy atom. The molecule has 0 saturated carbocycles. The fourth-order valence-electron chi connectivity index (χ4n) is 9.95. The van der Waals surface area contributed by atoms with E-state index < -0.39 is 0 Å². The van der Waals surface area contributed by atoms with E-state index in [0.717, 1.165) is 0 Å². The molecule has 0 spiro atoms. The van der Waals surface area contributed by atoms with Crippen LogP contribution in [0.25, 0.3) is 0 Å². The number of hydrogen-bond acceptors (Lipinski definition) is 24. The maximum absolute atomic E-state index is 2.40. The minimum atomic E-state index is -0.232. The average molecular weight is 3430 g/mol. The van der Waals surface area contributed by atoms with E-state index in [1.807, 2.05) is 428 Å². The summed E-state index contributed by atoms with van der Waals surface area (Å²) in [7, 11) is -1.39. The Morgan fingerprint density at radius 1 is 0.148 bits per heavy atom. The minimum Gasteiger partial charge on any atom is -2.00 e. The van der Waals surface area contributed by atoms with Crippen molar-refractivity contribution in [2.45, 2.75) is 83.1 Å². The Labute approximate surface area is 1020 Å². The number of rotatable bonds is 18. The van der Waals surface area contributed by atoms with Gasteiger partial charge >= 0.3 is 42.1 Å². The van der Waals surface area contributed by atoms with Crippen LogP contribution in [0.15, 0.2) is 322 Å². The minimum absolute atomic E-state index is 0. The van der Waals surface area contributed by atoms with E-state index in [9.17, 15) is 0 Å². The van der Waals surface area contributed by atoms with E-state index in [-0.39, 0.29) is 282 Å². The molecule has 12 aliphatic heterocycles. The van der Waals surface area contributed by atoms with Gasteiger partial charge in [-0.15, -0.1) is 0 Å². The molecule has 0 fully saturated rings. The third-order valence-corrected chi connectivity index (χ3v) is 68.8. The molecule has 4 aromatic rings. The van der Waals surface area contributed by atoms with Crippen molar-refractivity contribution in [1.29, 1.82) is 0 Å². The van der Waals surface area contributed by atoms with Crippen molar-refractivity contribution >= 4 is 438 Å². The molecule has 0 nitrogen and oxygen atoms in total. The monoisotopic (exact) mass is 3430 g/mol. The van der Waals surface area contributed by atoms with Gasteiger partial charge in [0.2, 0.25) is 0 Å². The summed E-state index contributed by atoms with van der Waals surface area (Å²) in [6, 6.07) is 48.0. The molecule has 0 bridgehead atoms. The molecule has 128 heavy (non-hydrogen) atoms. The molecule has 0 atom stereocenters. The van der Waals surface area contributed by atoms with Crippen molar-refractivity contribution < 1.29 is 126 Å². The van der Waals surface area contributed by atoms with Crippen molar-refractivity contribution in [1.82, 2.24) is 0 Å². The number of thioether (sulfide) groups is 24. The molecule has 0 saturated heterocycles. The molecule has 0 unspecified atom stereocenters. The Balaban J connectivity index is -0.000000209. The normalized spacial score (nSPS) is 16.0. The predicted molar refractivity (Wildman–Crippen MR) is 669 cm³/mol. The quantitative estimate of drug-likeness (QED) is 0.0867. The van der Waals surface area contributed by atoms with Gasteiger partial charge in [0.15, 0.2) is 0 Å². The van der Waals surface area contributed by atoms with Crippen LogP contribution < -0.4 is 0 Å². The van der Waals surface area contributed by atoms with Crippen LogP contribution in [0.3, 0.4) is 0 Å². The summed E-state index contributed by atoms with van der Waals surface area (Å²) < 4.78 is 27.9. The molecular formula is C84H108P6S32W6-6. The Bertz CT molecular complexity index is 3320. The average Bonchev–Trinajstić information content (AvgIpc) is 1.74. The van der Waals surface area contributed by atoms with Crippen LogP contribution >= 0.6 is 330 Å². The zero-order valence-electron chi connectivity index (χ0n) is 72.2. The predicted octanol–water partition coefficient (Wildman–Crippen LogP) is 40.3. The van der Waals surface area contributed by atoms with Gasteiger partial charge in [-0.1, -0.05) is 357 Å². The summed E-state index contributed by atoms with van der Waals surface area (Å²) >= 11 is 46.2. The van der Waals surface area contributed by atoms with Crippen LogP contribution in [0, 0.1) is 0 Å². The van der Waals surface area contributed by atoms with E-state index in [1.54, 1.807) is 27.9 Å². The van der Waals surface area contributed by atoms with Crippen LogP contribution in [0.2, 0.25) is 0 Å². The first kappa shape index (κ1) is 153. The second kappa shape index (κ2) is 99.1. The van der Waals surface area contributed by atoms with Gasteiger partial charge in [-0.2, -0.15) is 0 Å². The molecule has 0 N–H and O–H groups in total. The summed E-state index contributed by atoms with van der Waals surface area (Å²) in [5.41, 5.74) is 0. The van der Waals surface area contributed by atoms with E-state index >= 15 is 0 Å². The largest absolute Gasteiger partial charge is 2.00 e. The third kappa shape index (κ3) is 60.8. The Kier molecular flexibility index (Phi) is 119. The molecule has 44 heteroatoms. The van der Waals surface area contributed by atoms with E-state index in [2.05, 4.69) is 180 Å². The molecule has 708 valence electrons. The van der Waals surface area contributed by atoms with Crippen molar-refractivity contribution in [3.05, 3.63) is 322 Å². The molecule has 12 heterocycles. The van der Waals surface area contributed by atoms with Crippen molar-refractivity contribution in [2.24, 2.45) is 0 Å². The van der Waals surface area contributed by atoms with E-state index in [1.165, 1.54) is 125 Å². The molecular weight excluding hydrogens is 3320 g/mol. The summed E-state index contributed by atoms with van der Waals surface area (Å²) in [4.78, 5) is 0. The van der Waals surface area contributed by atoms with Gasteiger partial charge in [-0.3, -0.25) is 0 Å². The zero-order valence-corrected chi connectivity index (χ0v) is 122. The van der Waals surface area contributed by atoms with Crippen LogP contribution in [-0.4, -0.2) is 73.9 Å². The van der Waals surface area contributed by atoms with Gasteiger partial charge < -0.3 is 108 Å². The number of benzene rings is 4.